The van der Waals surface area contributed by atoms with Crippen LogP contribution in [0.15, 0.2) is 28.9 Å². The number of rotatable bonds is 3. The average Bonchev–Trinajstić information content (AvgIpc) is 3.06. The van der Waals surface area contributed by atoms with Gasteiger partial charge in [-0.15, -0.1) is 5.10 Å². The normalized spacial score (nSPS) is 17.8. The zero-order valence-electron chi connectivity index (χ0n) is 13.1. The van der Waals surface area contributed by atoms with Crippen LogP contribution in [0.4, 0.5) is 0 Å². The van der Waals surface area contributed by atoms with Crippen molar-refractivity contribution in [1.82, 2.24) is 19.9 Å². The van der Waals surface area contributed by atoms with Crippen molar-refractivity contribution >= 4 is 27.8 Å². The van der Waals surface area contributed by atoms with E-state index in [-0.39, 0.29) is 18.1 Å². The molecule has 3 rings (SSSR count). The Morgan fingerprint density at radius 2 is 2.17 bits per heavy atom. The van der Waals surface area contributed by atoms with E-state index >= 15 is 0 Å². The molecular weight excluding hydrogens is 376 g/mol. The molecule has 126 valence electrons. The highest BCUT2D eigenvalue weighted by atomic mass is 79.9. The van der Waals surface area contributed by atoms with E-state index in [0.717, 1.165) is 15.7 Å². The number of carboxylic acid groups (broad SMARTS) is 1. The zero-order chi connectivity index (χ0) is 17.3. The Morgan fingerprint density at radius 1 is 1.38 bits per heavy atom. The number of benzene rings is 1. The molecule has 1 fully saturated rings. The number of nitrogens with zero attached hydrogens (tertiary/aromatic N) is 4. The number of likely N-dealkylation sites (tertiary alicyclic amines) is 1. The summed E-state index contributed by atoms with van der Waals surface area (Å²) >= 11 is 3.45. The standard InChI is InChI=1S/C16H17BrN4O3/c1-10-7-12(4-5-13(10)17)21-9-14(18-19-21)15(22)20-6-2-3-11(8-20)16(23)24/h4-5,7,9,11H,2-3,6,8H2,1H3,(H,23,24). The van der Waals surface area contributed by atoms with E-state index in [9.17, 15) is 9.59 Å². The highest BCUT2D eigenvalue weighted by molar-refractivity contribution is 9.10. The van der Waals surface area contributed by atoms with Gasteiger partial charge in [0.05, 0.1) is 17.8 Å². The first-order valence-electron chi connectivity index (χ1n) is 7.66. The highest BCUT2D eigenvalue weighted by Crippen LogP contribution is 2.20. The lowest BCUT2D eigenvalue weighted by Gasteiger charge is -2.29. The molecule has 1 N–H and O–H groups in total. The van der Waals surface area contributed by atoms with E-state index < -0.39 is 11.9 Å². The third-order valence-electron chi connectivity index (χ3n) is 4.18. The van der Waals surface area contributed by atoms with E-state index in [1.165, 1.54) is 0 Å². The number of carbonyl (C=O) groups is 2. The smallest absolute Gasteiger partial charge is 0.308 e. The fourth-order valence-corrected chi connectivity index (χ4v) is 3.03. The maximum absolute atomic E-state index is 12.5. The van der Waals surface area contributed by atoms with Gasteiger partial charge in [0.15, 0.2) is 5.69 Å². The minimum Gasteiger partial charge on any atom is -0.481 e. The van der Waals surface area contributed by atoms with E-state index in [1.54, 1.807) is 15.8 Å². The van der Waals surface area contributed by atoms with E-state index in [1.807, 2.05) is 25.1 Å². The van der Waals surface area contributed by atoms with Gasteiger partial charge in [0.25, 0.3) is 5.91 Å². The number of aliphatic carboxylic acids is 1. The SMILES string of the molecule is Cc1cc(-n2cc(C(=O)N3CCCC(C(=O)O)C3)nn2)ccc1Br. The van der Waals surface area contributed by atoms with E-state index in [4.69, 9.17) is 5.11 Å². The maximum atomic E-state index is 12.5. The average molecular weight is 393 g/mol. The number of hydrogen-bond donors (Lipinski definition) is 1. The molecule has 1 amide bonds. The molecule has 1 aliphatic rings. The molecule has 0 aliphatic carbocycles. The molecule has 1 aliphatic heterocycles. The molecule has 7 nitrogen and oxygen atoms in total. The molecule has 24 heavy (non-hydrogen) atoms. The number of aromatic nitrogens is 3. The van der Waals surface area contributed by atoms with Crippen LogP contribution >= 0.6 is 15.9 Å². The largest absolute Gasteiger partial charge is 0.481 e. The van der Waals surface area contributed by atoms with Crippen molar-refractivity contribution in [2.45, 2.75) is 19.8 Å². The lowest BCUT2D eigenvalue weighted by atomic mass is 9.98. The van der Waals surface area contributed by atoms with Crippen molar-refractivity contribution < 1.29 is 14.7 Å². The quantitative estimate of drug-likeness (QED) is 0.865. The second-order valence-corrected chi connectivity index (χ2v) is 6.76. The first-order valence-corrected chi connectivity index (χ1v) is 8.46. The lowest BCUT2D eigenvalue weighted by molar-refractivity contribution is -0.143. The molecule has 1 saturated heterocycles. The Balaban J connectivity index is 1.78. The monoisotopic (exact) mass is 392 g/mol. The molecule has 1 aromatic carbocycles. The Bertz CT molecular complexity index is 789. The summed E-state index contributed by atoms with van der Waals surface area (Å²) in [6.07, 6.45) is 2.86. The highest BCUT2D eigenvalue weighted by Gasteiger charge is 2.29. The van der Waals surface area contributed by atoms with Crippen molar-refractivity contribution in [1.29, 1.82) is 0 Å². The van der Waals surface area contributed by atoms with E-state index in [0.29, 0.717) is 19.4 Å². The molecular formula is C16H17BrN4O3. The molecule has 0 radical (unpaired) electrons. The lowest BCUT2D eigenvalue weighted by Crippen LogP contribution is -2.42. The van der Waals surface area contributed by atoms with Crippen LogP contribution in [0.1, 0.15) is 28.9 Å². The Morgan fingerprint density at radius 3 is 2.88 bits per heavy atom. The van der Waals surface area contributed by atoms with Crippen molar-refractivity contribution in [2.24, 2.45) is 5.92 Å². The minimum atomic E-state index is -0.860. The van der Waals surface area contributed by atoms with E-state index in [2.05, 4.69) is 26.2 Å². The van der Waals surface area contributed by atoms with Gasteiger partial charge in [-0.1, -0.05) is 21.1 Å². The summed E-state index contributed by atoms with van der Waals surface area (Å²) in [6.45, 7) is 2.74. The number of piperidine rings is 1. The van der Waals surface area contributed by atoms with Gasteiger partial charge in [0.2, 0.25) is 0 Å². The molecule has 0 bridgehead atoms. The third-order valence-corrected chi connectivity index (χ3v) is 5.07. The number of amides is 1. The topological polar surface area (TPSA) is 88.3 Å². The molecule has 8 heteroatoms. The van der Waals surface area contributed by atoms with Gasteiger partial charge >= 0.3 is 5.97 Å². The summed E-state index contributed by atoms with van der Waals surface area (Å²) in [5, 5.41) is 17.1. The van der Waals surface area contributed by atoms with Crippen molar-refractivity contribution in [3.05, 3.63) is 40.1 Å². The van der Waals surface area contributed by atoms with Gasteiger partial charge in [0.1, 0.15) is 0 Å². The summed E-state index contributed by atoms with van der Waals surface area (Å²) in [5.41, 5.74) is 2.09. The summed E-state index contributed by atoms with van der Waals surface area (Å²) in [6, 6.07) is 5.73. The number of halogens is 1. The van der Waals surface area contributed by atoms with Gasteiger partial charge in [-0.3, -0.25) is 9.59 Å². The Kier molecular flexibility index (Phi) is 4.66. The number of carboxylic acids is 1. The summed E-state index contributed by atoms with van der Waals surface area (Å²) < 4.78 is 2.54. The van der Waals surface area contributed by atoms with Gasteiger partial charge in [-0.05, 0) is 43.5 Å². The number of aryl methyl sites for hydroxylation is 1. The van der Waals surface area contributed by atoms with Crippen LogP contribution in [-0.4, -0.2) is 50.0 Å². The molecule has 1 aromatic heterocycles. The van der Waals surface area contributed by atoms with Crippen LogP contribution in [0.2, 0.25) is 0 Å². The zero-order valence-corrected chi connectivity index (χ0v) is 14.7. The fourth-order valence-electron chi connectivity index (χ4n) is 2.78. The molecule has 1 unspecified atom stereocenters. The van der Waals surface area contributed by atoms with Crippen molar-refractivity contribution in [3.63, 3.8) is 0 Å². The molecule has 2 aromatic rings. The van der Waals surface area contributed by atoms with Crippen LogP contribution in [0.25, 0.3) is 5.69 Å². The van der Waals surface area contributed by atoms with Gasteiger partial charge in [0, 0.05) is 17.6 Å². The van der Waals surface area contributed by atoms with Crippen molar-refractivity contribution in [2.75, 3.05) is 13.1 Å². The molecule has 2 heterocycles. The molecule has 0 saturated carbocycles. The second-order valence-electron chi connectivity index (χ2n) is 5.91. The third kappa shape index (κ3) is 3.33. The number of carbonyl (C=O) groups excluding carboxylic acids is 1. The van der Waals surface area contributed by atoms with Gasteiger partial charge < -0.3 is 10.0 Å². The van der Waals surface area contributed by atoms with Gasteiger partial charge in [-0.2, -0.15) is 0 Å². The molecule has 1 atom stereocenters. The first kappa shape index (κ1) is 16.6. The Labute approximate surface area is 147 Å². The second kappa shape index (κ2) is 6.72. The summed E-state index contributed by atoms with van der Waals surface area (Å²) in [7, 11) is 0. The van der Waals surface area contributed by atoms with Gasteiger partial charge in [-0.25, -0.2) is 4.68 Å². The molecule has 0 spiro atoms. The summed E-state index contributed by atoms with van der Waals surface area (Å²) in [4.78, 5) is 25.2. The minimum absolute atomic E-state index is 0.221. The van der Waals surface area contributed by atoms with Crippen LogP contribution in [0, 0.1) is 12.8 Å². The predicted molar refractivity (Wildman–Crippen MR) is 90.1 cm³/mol. The van der Waals surface area contributed by atoms with Crippen LogP contribution < -0.4 is 0 Å². The van der Waals surface area contributed by atoms with Crippen LogP contribution in [-0.2, 0) is 4.79 Å². The predicted octanol–water partition coefficient (Wildman–Crippen LogP) is 2.28. The van der Waals surface area contributed by atoms with Crippen molar-refractivity contribution in [3.8, 4) is 5.69 Å². The fraction of sp³-hybridized carbons (Fsp3) is 0.375. The van der Waals surface area contributed by atoms with Crippen LogP contribution in [0.5, 0.6) is 0 Å². The summed E-state index contributed by atoms with van der Waals surface area (Å²) in [5.74, 6) is -1.64. The Hall–Kier alpha value is -2.22. The maximum Gasteiger partial charge on any atom is 0.308 e. The number of hydrogen-bond acceptors (Lipinski definition) is 4. The first-order chi connectivity index (χ1) is 11.5. The van der Waals surface area contributed by atoms with Crippen LogP contribution in [0.3, 0.4) is 0 Å².